The number of amides is 1. The van der Waals surface area contributed by atoms with Gasteiger partial charge >= 0.3 is 5.97 Å². The van der Waals surface area contributed by atoms with Crippen molar-refractivity contribution in [3.05, 3.63) is 36.5 Å². The highest BCUT2D eigenvalue weighted by molar-refractivity contribution is 5.77. The number of esters is 1. The summed E-state index contributed by atoms with van der Waals surface area (Å²) in [6.45, 7) is 6.41. The molecule has 0 heterocycles. The average molecular weight is 929 g/mol. The molecule has 0 aromatic carbocycles. The highest BCUT2D eigenvalue weighted by Crippen LogP contribution is 2.19. The van der Waals surface area contributed by atoms with E-state index < -0.39 is 18.2 Å². The van der Waals surface area contributed by atoms with Gasteiger partial charge in [-0.05, 0) is 57.8 Å². The van der Waals surface area contributed by atoms with Gasteiger partial charge in [-0.25, -0.2) is 0 Å². The van der Waals surface area contributed by atoms with Crippen LogP contribution in [0, 0.1) is 0 Å². The standard InChI is InChI=1S/C60H113NO5/c1-4-7-10-13-16-19-22-25-28-31-33-36-39-42-45-48-51-56(66-60(65)53-50-47-44-41-38-35-32-29-26-23-20-17-14-11-8-5-2)54-59(64)61-57(55-62)58(63)52-49-46-43-40-37-34-30-27-24-21-18-15-12-9-6-3/h8,11,17,20,26,29,56-58,62-63H,4-7,9-10,12-16,18-19,21-25,27-28,30-55H2,1-3H3,(H,61,64)/b11-8+,20-17+,29-26+. The van der Waals surface area contributed by atoms with Crippen LogP contribution in [0.5, 0.6) is 0 Å². The predicted octanol–water partition coefficient (Wildman–Crippen LogP) is 18.0. The normalized spacial score (nSPS) is 13.3. The second-order valence-corrected chi connectivity index (χ2v) is 20.0. The summed E-state index contributed by atoms with van der Waals surface area (Å²) in [7, 11) is 0. The van der Waals surface area contributed by atoms with E-state index in [0.29, 0.717) is 19.3 Å². The Balaban J connectivity index is 4.54. The van der Waals surface area contributed by atoms with E-state index in [1.807, 2.05) is 0 Å². The molecule has 0 fully saturated rings. The first kappa shape index (κ1) is 64.1. The Morgan fingerprint density at radius 3 is 1.24 bits per heavy atom. The molecular formula is C60H113NO5. The van der Waals surface area contributed by atoms with E-state index in [1.54, 1.807) is 0 Å². The lowest BCUT2D eigenvalue weighted by atomic mass is 10.0. The van der Waals surface area contributed by atoms with Crippen molar-refractivity contribution < 1.29 is 24.5 Å². The Morgan fingerprint density at radius 1 is 0.455 bits per heavy atom. The number of hydrogen-bond donors (Lipinski definition) is 3. The monoisotopic (exact) mass is 928 g/mol. The SMILES string of the molecule is CC/C=C/C/C=C/C/C=C/CCCCCCCCC(=O)OC(CCCCCCCCCCCCCCCCCC)CC(=O)NC(CO)C(O)CCCCCCCCCCCCCCCCC. The van der Waals surface area contributed by atoms with Gasteiger partial charge in [0.15, 0.2) is 0 Å². The van der Waals surface area contributed by atoms with Crippen molar-refractivity contribution in [2.45, 2.75) is 328 Å². The molecule has 6 nitrogen and oxygen atoms in total. The van der Waals surface area contributed by atoms with Crippen LogP contribution >= 0.6 is 0 Å². The van der Waals surface area contributed by atoms with Crippen LogP contribution in [0.25, 0.3) is 0 Å². The lowest BCUT2D eigenvalue weighted by Crippen LogP contribution is -2.46. The number of rotatable bonds is 53. The first-order valence-electron chi connectivity index (χ1n) is 29.2. The smallest absolute Gasteiger partial charge is 0.306 e. The fourth-order valence-corrected chi connectivity index (χ4v) is 9.09. The molecule has 0 saturated carbocycles. The maximum Gasteiger partial charge on any atom is 0.306 e. The molecule has 0 aromatic rings. The van der Waals surface area contributed by atoms with Gasteiger partial charge < -0.3 is 20.3 Å². The summed E-state index contributed by atoms with van der Waals surface area (Å²) in [5.41, 5.74) is 0. The number of carbonyl (C=O) groups excluding carboxylic acids is 2. The van der Waals surface area contributed by atoms with Crippen molar-refractivity contribution in [1.82, 2.24) is 5.32 Å². The van der Waals surface area contributed by atoms with E-state index in [1.165, 1.54) is 193 Å². The Labute approximate surface area is 411 Å². The van der Waals surface area contributed by atoms with Crippen molar-refractivity contribution in [3.63, 3.8) is 0 Å². The summed E-state index contributed by atoms with van der Waals surface area (Å²) in [5, 5.41) is 23.9. The van der Waals surface area contributed by atoms with E-state index in [9.17, 15) is 19.8 Å². The summed E-state index contributed by atoms with van der Waals surface area (Å²) in [4.78, 5) is 26.3. The van der Waals surface area contributed by atoms with Crippen molar-refractivity contribution in [1.29, 1.82) is 0 Å². The maximum absolute atomic E-state index is 13.3. The minimum absolute atomic E-state index is 0.0771. The molecule has 0 aliphatic carbocycles. The molecule has 0 spiro atoms. The van der Waals surface area contributed by atoms with Crippen molar-refractivity contribution in [3.8, 4) is 0 Å². The lowest BCUT2D eigenvalue weighted by molar-refractivity contribution is -0.151. The van der Waals surface area contributed by atoms with Gasteiger partial charge in [0.1, 0.15) is 6.10 Å². The van der Waals surface area contributed by atoms with Crippen molar-refractivity contribution in [2.24, 2.45) is 0 Å². The first-order valence-corrected chi connectivity index (χ1v) is 29.2. The molecule has 0 rings (SSSR count). The molecule has 3 N–H and O–H groups in total. The molecule has 388 valence electrons. The average Bonchev–Trinajstić information content (AvgIpc) is 3.31. The van der Waals surface area contributed by atoms with Crippen LogP contribution in [0.2, 0.25) is 0 Å². The van der Waals surface area contributed by atoms with Crippen molar-refractivity contribution in [2.75, 3.05) is 6.61 Å². The van der Waals surface area contributed by atoms with Crippen LogP contribution in [0.3, 0.4) is 0 Å². The van der Waals surface area contributed by atoms with Gasteiger partial charge in [0.05, 0.1) is 25.2 Å². The van der Waals surface area contributed by atoms with Crippen LogP contribution < -0.4 is 5.32 Å². The number of nitrogens with one attached hydrogen (secondary N) is 1. The topological polar surface area (TPSA) is 95.9 Å². The zero-order valence-corrected chi connectivity index (χ0v) is 44.3. The molecule has 0 aliphatic rings. The minimum Gasteiger partial charge on any atom is -0.462 e. The third kappa shape index (κ3) is 48.5. The van der Waals surface area contributed by atoms with Gasteiger partial charge in [-0.1, -0.05) is 276 Å². The number of aliphatic hydroxyl groups is 2. The summed E-state index contributed by atoms with van der Waals surface area (Å²) in [5.74, 6) is -0.471. The molecule has 1 amide bonds. The highest BCUT2D eigenvalue weighted by Gasteiger charge is 2.24. The molecule has 0 saturated heterocycles. The van der Waals surface area contributed by atoms with E-state index in [0.717, 1.165) is 70.6 Å². The van der Waals surface area contributed by atoms with Crippen molar-refractivity contribution >= 4 is 11.9 Å². The predicted molar refractivity (Wildman–Crippen MR) is 287 cm³/mol. The molecule has 0 aromatic heterocycles. The Hall–Kier alpha value is -1.92. The number of unbranched alkanes of at least 4 members (excludes halogenated alkanes) is 35. The van der Waals surface area contributed by atoms with Crippen LogP contribution in [0.15, 0.2) is 36.5 Å². The van der Waals surface area contributed by atoms with Gasteiger partial charge in [0.25, 0.3) is 0 Å². The third-order valence-corrected chi connectivity index (χ3v) is 13.5. The fraction of sp³-hybridized carbons (Fsp3) is 0.867. The van der Waals surface area contributed by atoms with Crippen LogP contribution in [0.4, 0.5) is 0 Å². The summed E-state index contributed by atoms with van der Waals surface area (Å²) >= 11 is 0. The largest absolute Gasteiger partial charge is 0.462 e. The number of aliphatic hydroxyl groups excluding tert-OH is 2. The number of carbonyl (C=O) groups is 2. The Bertz CT molecular complexity index is 1090. The zero-order valence-electron chi connectivity index (χ0n) is 44.3. The first-order chi connectivity index (χ1) is 32.5. The molecule has 0 bridgehead atoms. The van der Waals surface area contributed by atoms with Crippen LogP contribution in [-0.2, 0) is 14.3 Å². The number of ether oxygens (including phenoxy) is 1. The summed E-state index contributed by atoms with van der Waals surface area (Å²) in [6.07, 6.45) is 64.9. The van der Waals surface area contributed by atoms with Gasteiger partial charge in [-0.15, -0.1) is 0 Å². The second kappa shape index (κ2) is 54.0. The summed E-state index contributed by atoms with van der Waals surface area (Å²) < 4.78 is 5.97. The quantitative estimate of drug-likeness (QED) is 0.0321. The van der Waals surface area contributed by atoms with E-state index in [2.05, 4.69) is 62.5 Å². The molecule has 0 radical (unpaired) electrons. The maximum atomic E-state index is 13.3. The Morgan fingerprint density at radius 2 is 0.818 bits per heavy atom. The fourth-order valence-electron chi connectivity index (χ4n) is 9.09. The molecule has 0 aliphatic heterocycles. The van der Waals surface area contributed by atoms with Gasteiger partial charge in [0, 0.05) is 6.42 Å². The second-order valence-electron chi connectivity index (χ2n) is 20.0. The zero-order chi connectivity index (χ0) is 48.1. The molecule has 66 heavy (non-hydrogen) atoms. The third-order valence-electron chi connectivity index (χ3n) is 13.5. The molecular weight excluding hydrogens is 815 g/mol. The minimum atomic E-state index is -0.788. The van der Waals surface area contributed by atoms with E-state index >= 15 is 0 Å². The van der Waals surface area contributed by atoms with Gasteiger partial charge in [0.2, 0.25) is 5.91 Å². The van der Waals surface area contributed by atoms with E-state index in [-0.39, 0.29) is 24.9 Å². The molecule has 3 atom stereocenters. The van der Waals surface area contributed by atoms with Crippen LogP contribution in [0.1, 0.15) is 310 Å². The van der Waals surface area contributed by atoms with E-state index in [4.69, 9.17) is 4.74 Å². The molecule has 6 heteroatoms. The van der Waals surface area contributed by atoms with Gasteiger partial charge in [-0.2, -0.15) is 0 Å². The van der Waals surface area contributed by atoms with Gasteiger partial charge in [-0.3, -0.25) is 9.59 Å². The summed E-state index contributed by atoms with van der Waals surface area (Å²) in [6, 6.07) is -0.702. The Kier molecular flexibility index (Phi) is 52.5. The molecule has 3 unspecified atom stereocenters. The number of allylic oxidation sites excluding steroid dienone is 6. The van der Waals surface area contributed by atoms with Crippen LogP contribution in [-0.4, -0.2) is 46.9 Å². The lowest BCUT2D eigenvalue weighted by Gasteiger charge is -2.24. The highest BCUT2D eigenvalue weighted by atomic mass is 16.5. The number of hydrogen-bond acceptors (Lipinski definition) is 5.